The van der Waals surface area contributed by atoms with Crippen LogP contribution in [0.1, 0.15) is 4.88 Å². The van der Waals surface area contributed by atoms with E-state index in [9.17, 15) is 4.79 Å². The molecule has 0 unspecified atom stereocenters. The highest BCUT2D eigenvalue weighted by Crippen LogP contribution is 2.28. The van der Waals surface area contributed by atoms with Gasteiger partial charge in [0.2, 0.25) is 5.91 Å². The van der Waals surface area contributed by atoms with E-state index in [0.29, 0.717) is 0 Å². The van der Waals surface area contributed by atoms with Crippen LogP contribution in [0.2, 0.25) is 0 Å². The zero-order valence-corrected chi connectivity index (χ0v) is 12.6. The Labute approximate surface area is 133 Å². The van der Waals surface area contributed by atoms with Gasteiger partial charge in [-0.15, -0.1) is 11.3 Å². The van der Waals surface area contributed by atoms with Crippen LogP contribution in [-0.2, 0) is 4.79 Å². The van der Waals surface area contributed by atoms with E-state index < -0.39 is 0 Å². The van der Waals surface area contributed by atoms with E-state index >= 15 is 0 Å². The largest absolute Gasteiger partial charge is 0.313 e. The Morgan fingerprint density at radius 3 is 2.41 bits per heavy atom. The highest BCUT2D eigenvalue weighted by Gasteiger charge is 2.09. The van der Waals surface area contributed by atoms with Crippen LogP contribution in [0.5, 0.6) is 0 Å². The van der Waals surface area contributed by atoms with E-state index in [1.165, 1.54) is 11.0 Å². The van der Waals surface area contributed by atoms with Gasteiger partial charge in [-0.1, -0.05) is 30.3 Å². The van der Waals surface area contributed by atoms with Crippen molar-refractivity contribution in [1.29, 1.82) is 10.5 Å². The first-order chi connectivity index (χ1) is 10.7. The van der Waals surface area contributed by atoms with Gasteiger partial charge >= 0.3 is 0 Å². The lowest BCUT2D eigenvalue weighted by molar-refractivity contribution is -0.124. The van der Waals surface area contributed by atoms with E-state index in [4.69, 9.17) is 10.5 Å². The van der Waals surface area contributed by atoms with Gasteiger partial charge in [0.15, 0.2) is 0 Å². The summed E-state index contributed by atoms with van der Waals surface area (Å²) in [5, 5.41) is 17.3. The number of carbonyl (C=O) groups is 1. The number of carbonyl (C=O) groups excluding carboxylic acids is 1. The molecule has 1 aromatic heterocycles. The molecule has 1 aromatic carbocycles. The molecule has 2 aromatic rings. The molecule has 0 atom stereocenters. The molecule has 1 heterocycles. The molecule has 0 fully saturated rings. The lowest BCUT2D eigenvalue weighted by Crippen LogP contribution is -2.30. The predicted octanol–water partition coefficient (Wildman–Crippen LogP) is 3.30. The maximum absolute atomic E-state index is 11.9. The number of rotatable bonds is 5. The lowest BCUT2D eigenvalue weighted by Gasteiger charge is -2.12. The molecule has 22 heavy (non-hydrogen) atoms. The van der Waals surface area contributed by atoms with Crippen molar-refractivity contribution in [3.63, 3.8) is 0 Å². The number of benzene rings is 1. The number of hydrogen-bond acceptors (Lipinski definition) is 4. The van der Waals surface area contributed by atoms with Crippen molar-refractivity contribution >= 4 is 23.3 Å². The molecule has 4 nitrogen and oxygen atoms in total. The summed E-state index contributed by atoms with van der Waals surface area (Å²) < 4.78 is 0. The van der Waals surface area contributed by atoms with E-state index in [-0.39, 0.29) is 19.0 Å². The number of thiophene rings is 1. The van der Waals surface area contributed by atoms with Crippen LogP contribution in [0.3, 0.4) is 0 Å². The molecule has 108 valence electrons. The third-order valence-corrected chi connectivity index (χ3v) is 4.01. The van der Waals surface area contributed by atoms with Gasteiger partial charge < -0.3 is 4.90 Å². The molecule has 0 radical (unpaired) electrons. The average molecular weight is 307 g/mol. The van der Waals surface area contributed by atoms with Crippen LogP contribution in [0, 0.1) is 22.7 Å². The molecule has 0 spiro atoms. The molecule has 2 rings (SSSR count). The zero-order chi connectivity index (χ0) is 15.8. The highest BCUT2D eigenvalue weighted by atomic mass is 32.1. The van der Waals surface area contributed by atoms with Gasteiger partial charge in [-0.3, -0.25) is 4.79 Å². The van der Waals surface area contributed by atoms with E-state index in [2.05, 4.69) is 0 Å². The van der Waals surface area contributed by atoms with E-state index in [1.54, 1.807) is 17.4 Å². The van der Waals surface area contributed by atoms with E-state index in [1.807, 2.05) is 54.6 Å². The minimum atomic E-state index is -0.335. The highest BCUT2D eigenvalue weighted by molar-refractivity contribution is 7.16. The molecule has 5 heteroatoms. The van der Waals surface area contributed by atoms with Crippen molar-refractivity contribution in [2.45, 2.75) is 0 Å². The number of nitriles is 2. The van der Waals surface area contributed by atoms with Gasteiger partial charge in [0.25, 0.3) is 0 Å². The Bertz CT molecular complexity index is 734. The van der Waals surface area contributed by atoms with Gasteiger partial charge in [-0.05, 0) is 23.8 Å². The van der Waals surface area contributed by atoms with Crippen LogP contribution in [-0.4, -0.2) is 23.9 Å². The van der Waals surface area contributed by atoms with Crippen molar-refractivity contribution in [2.75, 3.05) is 13.1 Å². The molecule has 1 amide bonds. The number of nitrogens with zero attached hydrogens (tertiary/aromatic N) is 3. The summed E-state index contributed by atoms with van der Waals surface area (Å²) in [6, 6.07) is 17.7. The second kappa shape index (κ2) is 7.78. The lowest BCUT2D eigenvalue weighted by atomic mass is 10.2. The smallest absolute Gasteiger partial charge is 0.248 e. The van der Waals surface area contributed by atoms with Gasteiger partial charge in [0, 0.05) is 15.8 Å². The summed E-state index contributed by atoms with van der Waals surface area (Å²) in [5.41, 5.74) is 1.13. The number of amides is 1. The third kappa shape index (κ3) is 4.05. The first kappa shape index (κ1) is 15.5. The Morgan fingerprint density at radius 1 is 1.09 bits per heavy atom. The van der Waals surface area contributed by atoms with Crippen molar-refractivity contribution in [1.82, 2.24) is 4.90 Å². The molecule has 0 aliphatic rings. The molecular weight excluding hydrogens is 294 g/mol. The molecule has 0 bridgehead atoms. The minimum absolute atomic E-state index is 0.0869. The molecule has 0 saturated heterocycles. The normalized spacial score (nSPS) is 10.1. The van der Waals surface area contributed by atoms with Gasteiger partial charge in [-0.25, -0.2) is 0 Å². The molecule has 0 N–H and O–H groups in total. The molecule has 0 saturated carbocycles. The van der Waals surface area contributed by atoms with Crippen molar-refractivity contribution in [3.05, 3.63) is 53.4 Å². The summed E-state index contributed by atoms with van der Waals surface area (Å²) in [7, 11) is 0. The van der Waals surface area contributed by atoms with Crippen LogP contribution in [0.4, 0.5) is 0 Å². The van der Waals surface area contributed by atoms with Crippen LogP contribution >= 0.6 is 11.3 Å². The van der Waals surface area contributed by atoms with Gasteiger partial charge in [0.05, 0.1) is 12.1 Å². The maximum atomic E-state index is 11.9. The monoisotopic (exact) mass is 307 g/mol. The molecule has 0 aliphatic heterocycles. The quantitative estimate of drug-likeness (QED) is 0.628. The Morgan fingerprint density at radius 2 is 1.77 bits per heavy atom. The molecular formula is C17H13N3OS. The summed E-state index contributed by atoms with van der Waals surface area (Å²) in [4.78, 5) is 15.2. The van der Waals surface area contributed by atoms with E-state index in [0.717, 1.165) is 15.3 Å². The van der Waals surface area contributed by atoms with Crippen molar-refractivity contribution in [2.24, 2.45) is 0 Å². The minimum Gasteiger partial charge on any atom is -0.313 e. The predicted molar refractivity (Wildman–Crippen MR) is 86.6 cm³/mol. The van der Waals surface area contributed by atoms with Gasteiger partial charge in [0.1, 0.15) is 13.1 Å². The fourth-order valence-corrected chi connectivity index (χ4v) is 2.76. The second-order valence-electron chi connectivity index (χ2n) is 4.41. The summed E-state index contributed by atoms with van der Waals surface area (Å²) in [6.45, 7) is -0.174. The summed E-state index contributed by atoms with van der Waals surface area (Å²) in [6.07, 6.45) is 3.11. The zero-order valence-electron chi connectivity index (χ0n) is 11.8. The maximum Gasteiger partial charge on any atom is 0.248 e. The first-order valence-corrected chi connectivity index (χ1v) is 7.42. The second-order valence-corrected chi connectivity index (χ2v) is 5.53. The molecule has 0 aliphatic carbocycles. The SMILES string of the molecule is N#CCN(CC#N)C(=O)C=Cc1ccc(-c2ccccc2)s1. The Balaban J connectivity index is 2.08. The average Bonchev–Trinajstić information content (AvgIpc) is 3.02. The van der Waals surface area contributed by atoms with Crippen LogP contribution in [0.15, 0.2) is 48.5 Å². The van der Waals surface area contributed by atoms with Crippen molar-refractivity contribution < 1.29 is 4.79 Å². The van der Waals surface area contributed by atoms with Crippen molar-refractivity contribution in [3.8, 4) is 22.6 Å². The fourth-order valence-electron chi connectivity index (χ4n) is 1.84. The first-order valence-electron chi connectivity index (χ1n) is 6.60. The number of hydrogen-bond donors (Lipinski definition) is 0. The van der Waals surface area contributed by atoms with Crippen LogP contribution < -0.4 is 0 Å². The Kier molecular flexibility index (Phi) is 5.48. The summed E-state index contributed by atoms with van der Waals surface area (Å²) in [5.74, 6) is -0.335. The topological polar surface area (TPSA) is 67.9 Å². The van der Waals surface area contributed by atoms with Crippen LogP contribution in [0.25, 0.3) is 16.5 Å². The standard InChI is InChI=1S/C17H13N3OS/c18-10-12-20(13-11-19)17(21)9-7-15-6-8-16(22-15)14-4-2-1-3-5-14/h1-9H,12-13H2. The fraction of sp³-hybridized carbons (Fsp3) is 0.118. The van der Waals surface area contributed by atoms with Gasteiger partial charge in [-0.2, -0.15) is 10.5 Å². The Hall–Kier alpha value is -2.89. The summed E-state index contributed by atoms with van der Waals surface area (Å²) >= 11 is 1.58. The third-order valence-electron chi connectivity index (χ3n) is 2.91.